The van der Waals surface area contributed by atoms with Crippen molar-refractivity contribution in [3.63, 3.8) is 0 Å². The number of anilines is 1. The van der Waals surface area contributed by atoms with Gasteiger partial charge in [-0.1, -0.05) is 6.07 Å². The lowest BCUT2D eigenvalue weighted by atomic mass is 9.84. The Morgan fingerprint density at radius 1 is 1.44 bits per heavy atom. The number of methoxy groups -OCH3 is 1. The number of rotatable bonds is 2. The average molecular weight is 249 g/mol. The molecule has 5 heteroatoms. The zero-order chi connectivity index (χ0) is 13.3. The second-order valence-electron chi connectivity index (χ2n) is 4.66. The monoisotopic (exact) mass is 249 g/mol. The Morgan fingerprint density at radius 3 is 2.83 bits per heavy atom. The molecule has 0 aromatic heterocycles. The van der Waals surface area contributed by atoms with Crippen molar-refractivity contribution in [3.8, 4) is 5.75 Å². The minimum atomic E-state index is -0.755. The van der Waals surface area contributed by atoms with Crippen LogP contribution in [0.4, 0.5) is 5.69 Å². The molecule has 0 bridgehead atoms. The van der Waals surface area contributed by atoms with E-state index in [0.717, 1.165) is 5.56 Å². The van der Waals surface area contributed by atoms with Crippen LogP contribution in [0.3, 0.4) is 0 Å². The summed E-state index contributed by atoms with van der Waals surface area (Å²) in [7, 11) is 1.36. The zero-order valence-electron chi connectivity index (χ0n) is 10.6. The molecule has 1 aromatic rings. The van der Waals surface area contributed by atoms with Crippen LogP contribution in [0.15, 0.2) is 18.2 Å². The van der Waals surface area contributed by atoms with Gasteiger partial charge in [-0.25, -0.2) is 0 Å². The summed E-state index contributed by atoms with van der Waals surface area (Å²) in [6.45, 7) is 3.55. The molecule has 2 rings (SSSR count). The number of amides is 1. The van der Waals surface area contributed by atoms with E-state index < -0.39 is 5.41 Å². The van der Waals surface area contributed by atoms with Gasteiger partial charge in [0.25, 0.3) is 5.91 Å². The fraction of sp³-hybridized carbons (Fsp3) is 0.385. The van der Waals surface area contributed by atoms with Crippen LogP contribution < -0.4 is 10.1 Å². The molecule has 1 aliphatic rings. The number of benzene rings is 1. The third kappa shape index (κ3) is 2.03. The third-order valence-corrected chi connectivity index (χ3v) is 3.03. The summed E-state index contributed by atoms with van der Waals surface area (Å²) in [6, 6.07) is 5.27. The fourth-order valence-corrected chi connectivity index (χ4v) is 1.84. The maximum atomic E-state index is 11.7. The van der Waals surface area contributed by atoms with Crippen LogP contribution in [0.1, 0.15) is 19.4 Å². The van der Waals surface area contributed by atoms with Crippen LogP contribution in [0.5, 0.6) is 5.75 Å². The van der Waals surface area contributed by atoms with Gasteiger partial charge in [-0.15, -0.1) is 0 Å². The van der Waals surface area contributed by atoms with Crippen molar-refractivity contribution < 1.29 is 19.1 Å². The van der Waals surface area contributed by atoms with E-state index in [1.807, 2.05) is 0 Å². The first-order valence-corrected chi connectivity index (χ1v) is 5.61. The van der Waals surface area contributed by atoms with Gasteiger partial charge in [0.2, 0.25) is 0 Å². The first-order chi connectivity index (χ1) is 8.45. The SMILES string of the molecule is COC(=O)C(C)(C)c1ccc2c(c1)OCC(=O)N2. The minimum Gasteiger partial charge on any atom is -0.482 e. The van der Waals surface area contributed by atoms with E-state index in [1.54, 1.807) is 32.0 Å². The highest BCUT2D eigenvalue weighted by atomic mass is 16.5. The maximum Gasteiger partial charge on any atom is 0.315 e. The summed E-state index contributed by atoms with van der Waals surface area (Å²) in [4.78, 5) is 22.9. The summed E-state index contributed by atoms with van der Waals surface area (Å²) < 4.78 is 10.1. The Morgan fingerprint density at radius 2 is 2.17 bits per heavy atom. The first kappa shape index (κ1) is 12.4. The molecule has 0 spiro atoms. The molecule has 1 aromatic carbocycles. The molecule has 0 fully saturated rings. The fourth-order valence-electron chi connectivity index (χ4n) is 1.84. The van der Waals surface area contributed by atoms with Crippen molar-refractivity contribution >= 4 is 17.6 Å². The van der Waals surface area contributed by atoms with E-state index in [0.29, 0.717) is 11.4 Å². The van der Waals surface area contributed by atoms with Crippen molar-refractivity contribution in [2.75, 3.05) is 19.0 Å². The van der Waals surface area contributed by atoms with Crippen LogP contribution in [-0.4, -0.2) is 25.6 Å². The lowest BCUT2D eigenvalue weighted by Crippen LogP contribution is -2.31. The normalized spacial score (nSPS) is 14.3. The smallest absolute Gasteiger partial charge is 0.315 e. The average Bonchev–Trinajstić information content (AvgIpc) is 2.36. The van der Waals surface area contributed by atoms with E-state index >= 15 is 0 Å². The predicted octanol–water partition coefficient (Wildman–Crippen LogP) is 1.47. The van der Waals surface area contributed by atoms with Gasteiger partial charge in [-0.05, 0) is 31.5 Å². The largest absolute Gasteiger partial charge is 0.482 e. The molecule has 5 nitrogen and oxygen atoms in total. The molecule has 1 aliphatic heterocycles. The number of hydrogen-bond acceptors (Lipinski definition) is 4. The Labute approximate surface area is 105 Å². The number of fused-ring (bicyclic) bond motifs is 1. The molecule has 1 N–H and O–H groups in total. The molecule has 0 unspecified atom stereocenters. The second kappa shape index (κ2) is 4.33. The standard InChI is InChI=1S/C13H15NO4/c1-13(2,12(16)17-3)8-4-5-9-10(6-8)18-7-11(15)14-9/h4-6H,7H2,1-3H3,(H,14,15). The molecule has 0 saturated heterocycles. The predicted molar refractivity (Wildman–Crippen MR) is 65.6 cm³/mol. The highest BCUT2D eigenvalue weighted by Gasteiger charge is 2.32. The van der Waals surface area contributed by atoms with Crippen LogP contribution >= 0.6 is 0 Å². The quantitative estimate of drug-likeness (QED) is 0.806. The number of ether oxygens (including phenoxy) is 2. The number of esters is 1. The molecular formula is C13H15NO4. The van der Waals surface area contributed by atoms with Gasteiger partial charge in [0, 0.05) is 0 Å². The lowest BCUT2D eigenvalue weighted by Gasteiger charge is -2.25. The molecule has 0 radical (unpaired) electrons. The summed E-state index contributed by atoms with van der Waals surface area (Å²) in [5, 5.41) is 2.70. The molecule has 1 amide bonds. The van der Waals surface area contributed by atoms with E-state index in [1.165, 1.54) is 7.11 Å². The Bertz CT molecular complexity index is 508. The Hall–Kier alpha value is -2.04. The minimum absolute atomic E-state index is 0.00486. The number of carbonyl (C=O) groups is 2. The maximum absolute atomic E-state index is 11.7. The lowest BCUT2D eigenvalue weighted by molar-refractivity contribution is -0.146. The van der Waals surface area contributed by atoms with Crippen LogP contribution in [-0.2, 0) is 19.7 Å². The summed E-state index contributed by atoms with van der Waals surface area (Å²) in [5.74, 6) is 0.0776. The zero-order valence-corrected chi connectivity index (χ0v) is 10.6. The van der Waals surface area contributed by atoms with Gasteiger partial charge in [0.1, 0.15) is 5.75 Å². The molecule has 18 heavy (non-hydrogen) atoms. The summed E-state index contributed by atoms with van der Waals surface area (Å²) in [5.41, 5.74) is 0.647. The number of carbonyl (C=O) groups excluding carboxylic acids is 2. The molecule has 0 aliphatic carbocycles. The summed E-state index contributed by atoms with van der Waals surface area (Å²) in [6.07, 6.45) is 0. The molecule has 0 atom stereocenters. The first-order valence-electron chi connectivity index (χ1n) is 5.61. The van der Waals surface area contributed by atoms with E-state index in [2.05, 4.69) is 5.32 Å². The van der Waals surface area contributed by atoms with Gasteiger partial charge in [-0.2, -0.15) is 0 Å². The third-order valence-electron chi connectivity index (χ3n) is 3.03. The van der Waals surface area contributed by atoms with Crippen LogP contribution in [0.25, 0.3) is 0 Å². The van der Waals surface area contributed by atoms with Crippen molar-refractivity contribution in [3.05, 3.63) is 23.8 Å². The highest BCUT2D eigenvalue weighted by molar-refractivity contribution is 5.95. The number of nitrogens with one attached hydrogen (secondary N) is 1. The van der Waals surface area contributed by atoms with Crippen LogP contribution in [0, 0.1) is 0 Å². The van der Waals surface area contributed by atoms with Crippen molar-refractivity contribution in [1.82, 2.24) is 0 Å². The molecule has 0 saturated carbocycles. The van der Waals surface area contributed by atoms with Gasteiger partial charge < -0.3 is 14.8 Å². The Kier molecular flexibility index (Phi) is 2.98. The van der Waals surface area contributed by atoms with Gasteiger partial charge in [-0.3, -0.25) is 9.59 Å². The number of hydrogen-bond donors (Lipinski definition) is 1. The van der Waals surface area contributed by atoms with E-state index in [9.17, 15) is 9.59 Å². The molecular weight excluding hydrogens is 234 g/mol. The van der Waals surface area contributed by atoms with E-state index in [4.69, 9.17) is 9.47 Å². The van der Waals surface area contributed by atoms with Crippen molar-refractivity contribution in [2.24, 2.45) is 0 Å². The van der Waals surface area contributed by atoms with Gasteiger partial charge >= 0.3 is 5.97 Å². The molecule has 1 heterocycles. The van der Waals surface area contributed by atoms with Crippen LogP contribution in [0.2, 0.25) is 0 Å². The van der Waals surface area contributed by atoms with Crippen molar-refractivity contribution in [1.29, 1.82) is 0 Å². The highest BCUT2D eigenvalue weighted by Crippen LogP contribution is 2.34. The topological polar surface area (TPSA) is 64.6 Å². The Balaban J connectivity index is 2.37. The van der Waals surface area contributed by atoms with Gasteiger partial charge in [0.05, 0.1) is 18.2 Å². The van der Waals surface area contributed by atoms with Crippen molar-refractivity contribution in [2.45, 2.75) is 19.3 Å². The summed E-state index contributed by atoms with van der Waals surface area (Å²) >= 11 is 0. The molecule has 96 valence electrons. The van der Waals surface area contributed by atoms with E-state index in [-0.39, 0.29) is 18.5 Å². The van der Waals surface area contributed by atoms with Gasteiger partial charge in [0.15, 0.2) is 6.61 Å². The second-order valence-corrected chi connectivity index (χ2v) is 4.66.